The first-order valence-electron chi connectivity index (χ1n) is 5.26. The van der Waals surface area contributed by atoms with E-state index < -0.39 is 12.5 Å². The van der Waals surface area contributed by atoms with Gasteiger partial charge in [0.05, 0.1) is 0 Å². The molecule has 0 bridgehead atoms. The first-order chi connectivity index (χ1) is 6.20. The molecule has 0 aromatic rings. The van der Waals surface area contributed by atoms with E-state index in [0.717, 1.165) is 25.7 Å². The Bertz CT molecular complexity index is 97.1. The SMILES string of the molecule is CCCCC(O)[N]C(O)CCCC. The van der Waals surface area contributed by atoms with Gasteiger partial charge >= 0.3 is 0 Å². The molecule has 0 aliphatic carbocycles. The molecule has 0 rings (SSSR count). The van der Waals surface area contributed by atoms with Crippen LogP contribution in [0.2, 0.25) is 0 Å². The zero-order chi connectivity index (χ0) is 10.1. The van der Waals surface area contributed by atoms with Crippen LogP contribution in [0.4, 0.5) is 0 Å². The van der Waals surface area contributed by atoms with Crippen LogP contribution in [0.15, 0.2) is 0 Å². The van der Waals surface area contributed by atoms with Crippen molar-refractivity contribution in [2.75, 3.05) is 0 Å². The van der Waals surface area contributed by atoms with Crippen molar-refractivity contribution in [3.05, 3.63) is 0 Å². The van der Waals surface area contributed by atoms with Crippen LogP contribution >= 0.6 is 0 Å². The van der Waals surface area contributed by atoms with Gasteiger partial charge in [-0.3, -0.25) is 0 Å². The third-order valence-electron chi connectivity index (χ3n) is 1.98. The lowest BCUT2D eigenvalue weighted by atomic mass is 10.2. The number of aliphatic hydroxyl groups excluding tert-OH is 2. The van der Waals surface area contributed by atoms with Crippen LogP contribution in [0.3, 0.4) is 0 Å². The third-order valence-corrected chi connectivity index (χ3v) is 1.98. The number of unbranched alkanes of at least 4 members (excludes halogenated alkanes) is 2. The zero-order valence-corrected chi connectivity index (χ0v) is 8.74. The van der Waals surface area contributed by atoms with E-state index in [0.29, 0.717) is 12.8 Å². The number of rotatable bonds is 8. The number of nitrogens with zero attached hydrogens (tertiary/aromatic N) is 1. The molecule has 0 amide bonds. The van der Waals surface area contributed by atoms with Gasteiger partial charge in [-0.2, -0.15) is 5.32 Å². The van der Waals surface area contributed by atoms with Gasteiger partial charge in [0.15, 0.2) is 0 Å². The van der Waals surface area contributed by atoms with Crippen LogP contribution in [0.1, 0.15) is 52.4 Å². The highest BCUT2D eigenvalue weighted by Gasteiger charge is 2.10. The highest BCUT2D eigenvalue weighted by atomic mass is 16.3. The third kappa shape index (κ3) is 8.22. The highest BCUT2D eigenvalue weighted by molar-refractivity contribution is 4.57. The van der Waals surface area contributed by atoms with E-state index in [1.807, 2.05) is 0 Å². The molecule has 2 atom stereocenters. The van der Waals surface area contributed by atoms with E-state index in [9.17, 15) is 10.2 Å². The lowest BCUT2D eigenvalue weighted by Gasteiger charge is -2.15. The fraction of sp³-hybridized carbons (Fsp3) is 1.00. The van der Waals surface area contributed by atoms with Gasteiger partial charge in [-0.25, -0.2) is 0 Å². The van der Waals surface area contributed by atoms with Crippen molar-refractivity contribution in [2.24, 2.45) is 0 Å². The lowest BCUT2D eigenvalue weighted by molar-refractivity contribution is 0.0264. The fourth-order valence-electron chi connectivity index (χ4n) is 1.12. The van der Waals surface area contributed by atoms with Crippen molar-refractivity contribution in [3.8, 4) is 0 Å². The largest absolute Gasteiger partial charge is 0.377 e. The van der Waals surface area contributed by atoms with Crippen molar-refractivity contribution in [2.45, 2.75) is 64.8 Å². The summed E-state index contributed by atoms with van der Waals surface area (Å²) in [6.45, 7) is 4.14. The summed E-state index contributed by atoms with van der Waals surface area (Å²) in [5.41, 5.74) is 0. The summed E-state index contributed by atoms with van der Waals surface area (Å²) in [4.78, 5) is 0. The Morgan fingerprint density at radius 3 is 1.62 bits per heavy atom. The second-order valence-electron chi connectivity index (χ2n) is 3.39. The number of hydrogen-bond donors (Lipinski definition) is 2. The Labute approximate surface area is 81.2 Å². The predicted octanol–water partition coefficient (Wildman–Crippen LogP) is 1.61. The monoisotopic (exact) mass is 188 g/mol. The summed E-state index contributed by atoms with van der Waals surface area (Å²) in [5, 5.41) is 22.5. The summed E-state index contributed by atoms with van der Waals surface area (Å²) in [5.74, 6) is 0. The van der Waals surface area contributed by atoms with Crippen molar-refractivity contribution < 1.29 is 10.2 Å². The van der Waals surface area contributed by atoms with Crippen LogP contribution in [0, 0.1) is 0 Å². The first-order valence-corrected chi connectivity index (χ1v) is 5.26. The van der Waals surface area contributed by atoms with Crippen LogP contribution in [-0.2, 0) is 0 Å². The maximum absolute atomic E-state index is 9.32. The molecule has 0 aliphatic heterocycles. The average Bonchev–Trinajstić information content (AvgIpc) is 2.11. The Hall–Kier alpha value is -0.120. The van der Waals surface area contributed by atoms with Gasteiger partial charge in [-0.15, -0.1) is 0 Å². The van der Waals surface area contributed by atoms with E-state index in [-0.39, 0.29) is 0 Å². The van der Waals surface area contributed by atoms with E-state index in [1.54, 1.807) is 0 Å². The van der Waals surface area contributed by atoms with Gasteiger partial charge in [-0.05, 0) is 25.7 Å². The summed E-state index contributed by atoms with van der Waals surface area (Å²) < 4.78 is 0. The average molecular weight is 188 g/mol. The molecular formula is C10H22NO2. The second-order valence-corrected chi connectivity index (χ2v) is 3.39. The summed E-state index contributed by atoms with van der Waals surface area (Å²) in [6, 6.07) is 0. The Balaban J connectivity index is 3.35. The second kappa shape index (κ2) is 8.48. The van der Waals surface area contributed by atoms with E-state index in [4.69, 9.17) is 0 Å². The minimum Gasteiger partial charge on any atom is -0.377 e. The molecule has 0 aliphatic rings. The van der Waals surface area contributed by atoms with E-state index in [1.165, 1.54) is 0 Å². The smallest absolute Gasteiger partial charge is 0.123 e. The molecule has 3 heteroatoms. The molecule has 2 N–H and O–H groups in total. The Kier molecular flexibility index (Phi) is 8.40. The van der Waals surface area contributed by atoms with Gasteiger partial charge in [0.1, 0.15) is 12.5 Å². The number of aliphatic hydroxyl groups is 2. The van der Waals surface area contributed by atoms with Gasteiger partial charge < -0.3 is 10.2 Å². The van der Waals surface area contributed by atoms with Crippen molar-refractivity contribution in [3.63, 3.8) is 0 Å². The quantitative estimate of drug-likeness (QED) is 0.608. The normalized spacial score (nSPS) is 15.7. The van der Waals surface area contributed by atoms with Crippen LogP contribution in [-0.4, -0.2) is 22.7 Å². The molecule has 0 spiro atoms. The van der Waals surface area contributed by atoms with Gasteiger partial charge in [0.25, 0.3) is 0 Å². The first kappa shape index (κ1) is 12.9. The standard InChI is InChI=1S/C10H22NO2/c1-3-5-7-9(12)11-10(13)8-6-4-2/h9-10,12-13H,3-8H2,1-2H3. The van der Waals surface area contributed by atoms with Crippen LogP contribution in [0.5, 0.6) is 0 Å². The lowest BCUT2D eigenvalue weighted by Crippen LogP contribution is -2.31. The zero-order valence-electron chi connectivity index (χ0n) is 8.74. The number of hydrogen-bond acceptors (Lipinski definition) is 2. The summed E-state index contributed by atoms with van der Waals surface area (Å²) in [7, 11) is 0. The topological polar surface area (TPSA) is 54.6 Å². The van der Waals surface area contributed by atoms with Crippen molar-refractivity contribution >= 4 is 0 Å². The van der Waals surface area contributed by atoms with Crippen molar-refractivity contribution in [1.29, 1.82) is 0 Å². The minimum absolute atomic E-state index is 0.666. The summed E-state index contributed by atoms with van der Waals surface area (Å²) >= 11 is 0. The predicted molar refractivity (Wildman–Crippen MR) is 53.2 cm³/mol. The minimum atomic E-state index is -0.674. The molecule has 0 fully saturated rings. The van der Waals surface area contributed by atoms with Gasteiger partial charge in [-0.1, -0.05) is 26.7 Å². The molecule has 0 saturated heterocycles. The molecule has 0 aromatic heterocycles. The maximum Gasteiger partial charge on any atom is 0.123 e. The molecule has 0 saturated carbocycles. The molecular weight excluding hydrogens is 166 g/mol. The molecule has 0 heterocycles. The molecule has 1 radical (unpaired) electrons. The molecule has 3 nitrogen and oxygen atoms in total. The maximum atomic E-state index is 9.32. The van der Waals surface area contributed by atoms with Gasteiger partial charge in [0.2, 0.25) is 0 Å². The van der Waals surface area contributed by atoms with Gasteiger partial charge in [0, 0.05) is 0 Å². The highest BCUT2D eigenvalue weighted by Crippen LogP contribution is 2.03. The summed E-state index contributed by atoms with van der Waals surface area (Å²) in [6.07, 6.45) is 4.02. The molecule has 13 heavy (non-hydrogen) atoms. The Morgan fingerprint density at radius 2 is 1.31 bits per heavy atom. The molecule has 0 aromatic carbocycles. The van der Waals surface area contributed by atoms with Crippen LogP contribution in [0.25, 0.3) is 0 Å². The fourth-order valence-corrected chi connectivity index (χ4v) is 1.12. The molecule has 2 unspecified atom stereocenters. The Morgan fingerprint density at radius 1 is 0.923 bits per heavy atom. The van der Waals surface area contributed by atoms with E-state index in [2.05, 4.69) is 19.2 Å². The van der Waals surface area contributed by atoms with E-state index >= 15 is 0 Å². The molecule has 79 valence electrons. The van der Waals surface area contributed by atoms with Crippen molar-refractivity contribution in [1.82, 2.24) is 5.32 Å². The van der Waals surface area contributed by atoms with Crippen LogP contribution < -0.4 is 5.32 Å².